The lowest BCUT2D eigenvalue weighted by molar-refractivity contribution is 0.100. The Morgan fingerprint density at radius 1 is 1.03 bits per heavy atom. The van der Waals surface area contributed by atoms with Crippen LogP contribution in [0.3, 0.4) is 0 Å². The van der Waals surface area contributed by atoms with Crippen molar-refractivity contribution in [2.75, 3.05) is 26.6 Å². The van der Waals surface area contributed by atoms with Gasteiger partial charge in [-0.2, -0.15) is 5.10 Å². The van der Waals surface area contributed by atoms with Crippen LogP contribution in [0.1, 0.15) is 10.4 Å². The Hall–Kier alpha value is -4.27. The number of amides is 1. The molecule has 1 amide bonds. The van der Waals surface area contributed by atoms with Gasteiger partial charge in [-0.1, -0.05) is 12.1 Å². The van der Waals surface area contributed by atoms with Crippen LogP contribution < -0.4 is 25.3 Å². The fourth-order valence-corrected chi connectivity index (χ4v) is 3.28. The molecule has 2 heterocycles. The van der Waals surface area contributed by atoms with Crippen LogP contribution in [0.5, 0.6) is 17.2 Å². The first-order valence-electron chi connectivity index (χ1n) is 9.35. The first-order valence-corrected chi connectivity index (χ1v) is 9.35. The third-order valence-electron chi connectivity index (χ3n) is 4.76. The lowest BCUT2D eigenvalue weighted by atomic mass is 10.1. The molecule has 158 valence electrons. The lowest BCUT2D eigenvalue weighted by Gasteiger charge is -2.15. The van der Waals surface area contributed by atoms with Crippen LogP contribution in [-0.4, -0.2) is 41.8 Å². The molecule has 2 aromatic heterocycles. The number of primary amides is 1. The summed E-state index contributed by atoms with van der Waals surface area (Å²) in [6.07, 6.45) is 3.50. The van der Waals surface area contributed by atoms with E-state index in [1.807, 2.05) is 6.07 Å². The average Bonchev–Trinajstić information content (AvgIpc) is 3.21. The molecule has 3 N–H and O–H groups in total. The number of anilines is 2. The predicted molar refractivity (Wildman–Crippen MR) is 116 cm³/mol. The van der Waals surface area contributed by atoms with Crippen molar-refractivity contribution in [1.82, 2.24) is 14.6 Å². The Morgan fingerprint density at radius 2 is 1.77 bits per heavy atom. The van der Waals surface area contributed by atoms with E-state index >= 15 is 0 Å². The molecule has 0 aliphatic rings. The van der Waals surface area contributed by atoms with E-state index in [-0.39, 0.29) is 0 Å². The molecular formula is C22H21N5O4. The molecule has 0 bridgehead atoms. The van der Waals surface area contributed by atoms with Gasteiger partial charge in [-0.15, -0.1) is 0 Å². The Labute approximate surface area is 178 Å². The summed E-state index contributed by atoms with van der Waals surface area (Å²) in [6, 6.07) is 12.4. The number of aromatic nitrogens is 3. The molecule has 0 radical (unpaired) electrons. The number of nitrogens with one attached hydrogen (secondary N) is 1. The summed E-state index contributed by atoms with van der Waals surface area (Å²) in [6.45, 7) is 0. The van der Waals surface area contributed by atoms with Crippen LogP contribution in [0, 0.1) is 0 Å². The minimum atomic E-state index is -0.490. The number of nitrogens with zero attached hydrogens (tertiary/aromatic N) is 3. The van der Waals surface area contributed by atoms with Crippen LogP contribution >= 0.6 is 0 Å². The van der Waals surface area contributed by atoms with Crippen LogP contribution in [0.4, 0.5) is 11.5 Å². The molecule has 0 spiro atoms. The van der Waals surface area contributed by atoms with Crippen molar-refractivity contribution in [3.63, 3.8) is 0 Å². The van der Waals surface area contributed by atoms with Gasteiger partial charge in [0.15, 0.2) is 17.1 Å². The molecule has 2 aromatic carbocycles. The van der Waals surface area contributed by atoms with E-state index in [9.17, 15) is 4.79 Å². The average molecular weight is 419 g/mol. The number of methoxy groups -OCH3 is 3. The zero-order valence-electron chi connectivity index (χ0n) is 17.2. The highest BCUT2D eigenvalue weighted by atomic mass is 16.5. The molecule has 0 saturated carbocycles. The van der Waals surface area contributed by atoms with Crippen molar-refractivity contribution in [1.29, 1.82) is 0 Å². The Kier molecular flexibility index (Phi) is 5.31. The zero-order chi connectivity index (χ0) is 22.0. The van der Waals surface area contributed by atoms with E-state index in [1.54, 1.807) is 74.6 Å². The summed E-state index contributed by atoms with van der Waals surface area (Å²) in [5, 5.41) is 7.60. The maximum absolute atomic E-state index is 11.5. The molecule has 4 rings (SSSR count). The number of nitrogens with two attached hydrogens (primary N) is 1. The SMILES string of the molecule is COc1cc(Nc2ccn3ncc(-c4cccc(C(N)=O)c4)c3n2)cc(OC)c1OC. The molecule has 0 aliphatic carbocycles. The summed E-state index contributed by atoms with van der Waals surface area (Å²) in [5.41, 5.74) is 8.74. The second-order valence-electron chi connectivity index (χ2n) is 6.62. The Balaban J connectivity index is 1.73. The quantitative estimate of drug-likeness (QED) is 0.473. The topological polar surface area (TPSA) is 113 Å². The lowest BCUT2D eigenvalue weighted by Crippen LogP contribution is -2.10. The highest BCUT2D eigenvalue weighted by Crippen LogP contribution is 2.40. The highest BCUT2D eigenvalue weighted by molar-refractivity contribution is 5.94. The van der Waals surface area contributed by atoms with Gasteiger partial charge in [-0.3, -0.25) is 4.79 Å². The molecule has 0 unspecified atom stereocenters. The van der Waals surface area contributed by atoms with Gasteiger partial charge in [0.05, 0.1) is 27.5 Å². The highest BCUT2D eigenvalue weighted by Gasteiger charge is 2.15. The van der Waals surface area contributed by atoms with Crippen LogP contribution in [0.25, 0.3) is 16.8 Å². The normalized spacial score (nSPS) is 10.7. The molecule has 9 heteroatoms. The monoisotopic (exact) mass is 419 g/mol. The summed E-state index contributed by atoms with van der Waals surface area (Å²) >= 11 is 0. The van der Waals surface area contributed by atoms with Gasteiger partial charge < -0.3 is 25.3 Å². The van der Waals surface area contributed by atoms with E-state index in [1.165, 1.54) is 0 Å². The maximum atomic E-state index is 11.5. The first-order chi connectivity index (χ1) is 15.0. The molecule has 31 heavy (non-hydrogen) atoms. The third kappa shape index (κ3) is 3.80. The molecule has 9 nitrogen and oxygen atoms in total. The second-order valence-corrected chi connectivity index (χ2v) is 6.62. The number of ether oxygens (including phenoxy) is 3. The third-order valence-corrected chi connectivity index (χ3v) is 4.76. The van der Waals surface area contributed by atoms with Crippen LogP contribution in [-0.2, 0) is 0 Å². The summed E-state index contributed by atoms with van der Waals surface area (Å²) in [4.78, 5) is 16.2. The predicted octanol–water partition coefficient (Wildman–Crippen LogP) is 3.26. The van der Waals surface area contributed by atoms with Gasteiger partial charge in [-0.25, -0.2) is 9.50 Å². The molecule has 0 aliphatic heterocycles. The molecule has 4 aromatic rings. The first kappa shape index (κ1) is 20.0. The summed E-state index contributed by atoms with van der Waals surface area (Å²) in [7, 11) is 4.67. The molecule has 0 saturated heterocycles. The Bertz CT molecular complexity index is 1240. The molecule has 0 fully saturated rings. The standard InChI is InChI=1S/C22H21N5O4/c1-29-17-10-15(11-18(30-2)20(17)31-3)25-19-7-8-27-22(26-19)16(12-24-27)13-5-4-6-14(9-13)21(23)28/h4-12H,1-3H3,(H2,23,28)(H,25,26). The number of carbonyl (C=O) groups excluding carboxylic acids is 1. The van der Waals surface area contributed by atoms with E-state index < -0.39 is 5.91 Å². The van der Waals surface area contributed by atoms with E-state index in [2.05, 4.69) is 10.4 Å². The van der Waals surface area contributed by atoms with Gasteiger partial charge in [0.1, 0.15) is 5.82 Å². The van der Waals surface area contributed by atoms with Gasteiger partial charge in [-0.05, 0) is 23.8 Å². The number of hydrogen-bond acceptors (Lipinski definition) is 7. The minimum absolute atomic E-state index is 0.420. The van der Waals surface area contributed by atoms with E-state index in [0.717, 1.165) is 11.1 Å². The van der Waals surface area contributed by atoms with Crippen LogP contribution in [0.2, 0.25) is 0 Å². The van der Waals surface area contributed by atoms with Crippen molar-refractivity contribution < 1.29 is 19.0 Å². The van der Waals surface area contributed by atoms with Gasteiger partial charge in [0.2, 0.25) is 11.7 Å². The molecular weight excluding hydrogens is 398 g/mol. The zero-order valence-corrected chi connectivity index (χ0v) is 17.2. The number of rotatable bonds is 7. The van der Waals surface area contributed by atoms with E-state index in [4.69, 9.17) is 24.9 Å². The maximum Gasteiger partial charge on any atom is 0.248 e. The van der Waals surface area contributed by atoms with Crippen molar-refractivity contribution in [3.8, 4) is 28.4 Å². The van der Waals surface area contributed by atoms with Crippen molar-refractivity contribution in [2.45, 2.75) is 0 Å². The summed E-state index contributed by atoms with van der Waals surface area (Å²) in [5.74, 6) is 1.66. The molecule has 0 atom stereocenters. The number of carbonyl (C=O) groups is 1. The van der Waals surface area contributed by atoms with Crippen molar-refractivity contribution in [3.05, 3.63) is 60.4 Å². The number of fused-ring (bicyclic) bond motifs is 1. The summed E-state index contributed by atoms with van der Waals surface area (Å²) < 4.78 is 17.8. The minimum Gasteiger partial charge on any atom is -0.493 e. The van der Waals surface area contributed by atoms with Crippen LogP contribution in [0.15, 0.2) is 54.9 Å². The van der Waals surface area contributed by atoms with Crippen molar-refractivity contribution >= 4 is 23.1 Å². The van der Waals surface area contributed by atoms with Gasteiger partial charge >= 0.3 is 0 Å². The second kappa shape index (κ2) is 8.23. The van der Waals surface area contributed by atoms with Gasteiger partial charge in [0, 0.05) is 35.1 Å². The fraction of sp³-hybridized carbons (Fsp3) is 0.136. The Morgan fingerprint density at radius 3 is 2.42 bits per heavy atom. The fourth-order valence-electron chi connectivity index (χ4n) is 3.28. The number of hydrogen-bond donors (Lipinski definition) is 2. The van der Waals surface area contributed by atoms with Gasteiger partial charge in [0.25, 0.3) is 0 Å². The largest absolute Gasteiger partial charge is 0.493 e. The van der Waals surface area contributed by atoms with E-state index in [0.29, 0.717) is 40.0 Å². The van der Waals surface area contributed by atoms with Crippen molar-refractivity contribution in [2.24, 2.45) is 5.73 Å². The number of benzene rings is 2. The smallest absolute Gasteiger partial charge is 0.248 e.